The van der Waals surface area contributed by atoms with Crippen molar-refractivity contribution in [2.75, 3.05) is 13.7 Å². The number of phenols is 1. The van der Waals surface area contributed by atoms with Crippen LogP contribution in [-0.4, -0.2) is 29.8 Å². The first-order valence-electron chi connectivity index (χ1n) is 8.15. The summed E-state index contributed by atoms with van der Waals surface area (Å²) >= 11 is 1.30. The second-order valence-electron chi connectivity index (χ2n) is 6.58. The summed E-state index contributed by atoms with van der Waals surface area (Å²) in [5.74, 6) is 0.630. The van der Waals surface area contributed by atoms with Crippen LogP contribution in [0.5, 0.6) is 11.5 Å². The Morgan fingerprint density at radius 1 is 1.36 bits per heavy atom. The van der Waals surface area contributed by atoms with E-state index in [1.165, 1.54) is 18.4 Å². The van der Waals surface area contributed by atoms with Crippen molar-refractivity contribution in [2.45, 2.75) is 38.0 Å². The number of benzene rings is 1. The summed E-state index contributed by atoms with van der Waals surface area (Å²) in [6, 6.07) is 5.36. The fraction of sp³-hybridized carbons (Fsp3) is 0.444. The highest BCUT2D eigenvalue weighted by Crippen LogP contribution is 2.45. The van der Waals surface area contributed by atoms with Gasteiger partial charge in [-0.3, -0.25) is 4.90 Å². The van der Waals surface area contributed by atoms with Crippen LogP contribution in [0.3, 0.4) is 0 Å². The summed E-state index contributed by atoms with van der Waals surface area (Å²) in [5.41, 5.74) is 3.11. The van der Waals surface area contributed by atoms with Gasteiger partial charge in [-0.25, -0.2) is 0 Å². The molecule has 1 aromatic carbocycles. The average molecular weight is 369 g/mol. The summed E-state index contributed by atoms with van der Waals surface area (Å²) < 4.78 is 43.5. The van der Waals surface area contributed by atoms with E-state index in [9.17, 15) is 18.3 Å². The van der Waals surface area contributed by atoms with Crippen molar-refractivity contribution in [1.82, 2.24) is 4.90 Å². The first kappa shape index (κ1) is 16.7. The number of rotatable bonds is 2. The number of nitrogens with zero attached hydrogens (tertiary/aromatic N) is 1. The Morgan fingerprint density at radius 2 is 2.16 bits per heavy atom. The number of aromatic hydroxyl groups is 1. The second kappa shape index (κ2) is 5.92. The summed E-state index contributed by atoms with van der Waals surface area (Å²) in [7, 11) is 1.54. The van der Waals surface area contributed by atoms with Crippen molar-refractivity contribution in [1.29, 1.82) is 0 Å². The zero-order chi connectivity index (χ0) is 17.8. The van der Waals surface area contributed by atoms with Gasteiger partial charge in [-0.1, -0.05) is 6.07 Å². The van der Waals surface area contributed by atoms with E-state index in [0.29, 0.717) is 17.2 Å². The molecule has 134 valence electrons. The van der Waals surface area contributed by atoms with Crippen molar-refractivity contribution in [3.8, 4) is 11.5 Å². The summed E-state index contributed by atoms with van der Waals surface area (Å²) in [6.07, 6.45) is -3.53. The maximum absolute atomic E-state index is 12.7. The Balaban J connectivity index is 1.68. The Labute approximate surface area is 147 Å². The molecule has 0 amide bonds. The normalized spacial score (nSPS) is 19.9. The molecule has 25 heavy (non-hydrogen) atoms. The van der Waals surface area contributed by atoms with Crippen LogP contribution in [-0.2, 0) is 25.8 Å². The number of hydrogen-bond acceptors (Lipinski definition) is 4. The lowest BCUT2D eigenvalue weighted by molar-refractivity contribution is -0.126. The number of hydrogen-bond donors (Lipinski definition) is 1. The van der Waals surface area contributed by atoms with Crippen LogP contribution in [0.2, 0.25) is 0 Å². The molecule has 0 bridgehead atoms. The number of phenolic OH excluding ortho intramolecular Hbond substituents is 1. The number of thiophene rings is 1. The van der Waals surface area contributed by atoms with Gasteiger partial charge in [0.15, 0.2) is 11.5 Å². The lowest BCUT2D eigenvalue weighted by Crippen LogP contribution is -2.38. The van der Waals surface area contributed by atoms with Crippen LogP contribution in [0.1, 0.15) is 32.5 Å². The fourth-order valence-electron chi connectivity index (χ4n) is 3.95. The van der Waals surface area contributed by atoms with Crippen molar-refractivity contribution in [2.24, 2.45) is 0 Å². The van der Waals surface area contributed by atoms with Gasteiger partial charge in [0.2, 0.25) is 0 Å². The lowest BCUT2D eigenvalue weighted by Gasteiger charge is -2.40. The minimum Gasteiger partial charge on any atom is -0.504 e. The monoisotopic (exact) mass is 369 g/mol. The van der Waals surface area contributed by atoms with Crippen molar-refractivity contribution >= 4 is 11.3 Å². The Hall–Kier alpha value is -1.73. The molecule has 0 aliphatic carbocycles. The number of alkyl halides is 3. The summed E-state index contributed by atoms with van der Waals surface area (Å²) in [6.45, 7) is 1.45. The van der Waals surface area contributed by atoms with Gasteiger partial charge in [0.25, 0.3) is 0 Å². The van der Waals surface area contributed by atoms with Gasteiger partial charge in [0.05, 0.1) is 13.5 Å². The van der Waals surface area contributed by atoms with Gasteiger partial charge < -0.3 is 9.84 Å². The van der Waals surface area contributed by atoms with Gasteiger partial charge >= 0.3 is 6.18 Å². The third kappa shape index (κ3) is 3.00. The van der Waals surface area contributed by atoms with E-state index in [-0.39, 0.29) is 11.8 Å². The van der Waals surface area contributed by atoms with Crippen LogP contribution in [0.25, 0.3) is 0 Å². The predicted octanol–water partition coefficient (Wildman–Crippen LogP) is 4.22. The molecule has 2 aliphatic rings. The van der Waals surface area contributed by atoms with Crippen LogP contribution in [0, 0.1) is 0 Å². The molecule has 0 spiro atoms. The Morgan fingerprint density at radius 3 is 2.88 bits per heavy atom. The average Bonchev–Trinajstić information content (AvgIpc) is 2.94. The molecule has 0 saturated carbocycles. The van der Waals surface area contributed by atoms with Crippen LogP contribution >= 0.6 is 11.3 Å². The summed E-state index contributed by atoms with van der Waals surface area (Å²) in [5, 5.41) is 9.98. The topological polar surface area (TPSA) is 32.7 Å². The molecule has 1 aromatic heterocycles. The van der Waals surface area contributed by atoms with E-state index in [0.717, 1.165) is 41.0 Å². The smallest absolute Gasteiger partial charge is 0.393 e. The van der Waals surface area contributed by atoms with Crippen molar-refractivity contribution in [3.63, 3.8) is 0 Å². The highest BCUT2D eigenvalue weighted by Gasteiger charge is 2.36. The molecule has 4 rings (SSSR count). The largest absolute Gasteiger partial charge is 0.504 e. The van der Waals surface area contributed by atoms with E-state index in [1.54, 1.807) is 12.1 Å². The van der Waals surface area contributed by atoms with Crippen LogP contribution < -0.4 is 4.74 Å². The molecule has 1 atom stereocenters. The van der Waals surface area contributed by atoms with Gasteiger partial charge in [-0.15, -0.1) is 11.3 Å². The predicted molar refractivity (Wildman–Crippen MR) is 89.3 cm³/mol. The SMILES string of the molecule is COc1c(O)ccc2c1CN1CCc3sc(CC(F)(F)F)cc3[C@@H]1C2. The molecule has 2 aromatic rings. The highest BCUT2D eigenvalue weighted by molar-refractivity contribution is 7.12. The number of fused-ring (bicyclic) bond motifs is 4. The molecular formula is C18H18F3NO2S. The van der Waals surface area contributed by atoms with E-state index < -0.39 is 12.6 Å². The van der Waals surface area contributed by atoms with Crippen LogP contribution in [0.4, 0.5) is 13.2 Å². The minimum absolute atomic E-state index is 0.101. The van der Waals surface area contributed by atoms with Gasteiger partial charge in [0, 0.05) is 34.4 Å². The fourth-order valence-corrected chi connectivity index (χ4v) is 5.19. The van der Waals surface area contributed by atoms with E-state index in [1.807, 2.05) is 6.07 Å². The van der Waals surface area contributed by atoms with Crippen LogP contribution in [0.15, 0.2) is 18.2 Å². The number of halogens is 3. The third-order valence-electron chi connectivity index (χ3n) is 5.01. The van der Waals surface area contributed by atoms with E-state index in [2.05, 4.69) is 4.90 Å². The Bertz CT molecular complexity index is 815. The summed E-state index contributed by atoms with van der Waals surface area (Å²) in [4.78, 5) is 3.75. The molecule has 2 aliphatic heterocycles. The van der Waals surface area contributed by atoms with Gasteiger partial charge in [-0.05, 0) is 36.1 Å². The first-order valence-corrected chi connectivity index (χ1v) is 8.97. The molecule has 3 nitrogen and oxygen atoms in total. The second-order valence-corrected chi connectivity index (χ2v) is 7.80. The minimum atomic E-state index is -4.17. The molecule has 0 fully saturated rings. The highest BCUT2D eigenvalue weighted by atomic mass is 32.1. The van der Waals surface area contributed by atoms with E-state index >= 15 is 0 Å². The van der Waals surface area contributed by atoms with Crippen molar-refractivity contribution < 1.29 is 23.0 Å². The van der Waals surface area contributed by atoms with E-state index in [4.69, 9.17) is 4.74 Å². The lowest BCUT2D eigenvalue weighted by atomic mass is 9.86. The quantitative estimate of drug-likeness (QED) is 0.860. The molecule has 0 saturated heterocycles. The molecule has 3 heterocycles. The third-order valence-corrected chi connectivity index (χ3v) is 6.22. The van der Waals surface area contributed by atoms with Gasteiger partial charge in [-0.2, -0.15) is 13.2 Å². The molecule has 7 heteroatoms. The van der Waals surface area contributed by atoms with Gasteiger partial charge in [0.1, 0.15) is 0 Å². The maximum Gasteiger partial charge on any atom is 0.393 e. The number of ether oxygens (including phenoxy) is 1. The molecule has 1 N–H and O–H groups in total. The Kier molecular flexibility index (Phi) is 3.96. The zero-order valence-electron chi connectivity index (χ0n) is 13.7. The zero-order valence-corrected chi connectivity index (χ0v) is 14.5. The number of methoxy groups -OCH3 is 1. The van der Waals surface area contributed by atoms with Crippen molar-refractivity contribution in [3.05, 3.63) is 44.6 Å². The first-order chi connectivity index (χ1) is 11.9. The molecule has 0 unspecified atom stereocenters. The standard InChI is InChI=1S/C18H18F3NO2S/c1-24-17-13-9-22-5-4-16-12(7-11(25-16)8-18(19,20)21)14(22)6-10(13)2-3-15(17)23/h2-3,7,14,23H,4-6,8-9H2,1H3/t14-/m0/s1. The maximum atomic E-state index is 12.7. The molecule has 0 radical (unpaired) electrons. The molecular weight excluding hydrogens is 351 g/mol.